The minimum Gasteiger partial charge on any atom is -0.389 e. The van der Waals surface area contributed by atoms with E-state index in [-0.39, 0.29) is 10.8 Å². The highest BCUT2D eigenvalue weighted by atomic mass is 32.2. The highest BCUT2D eigenvalue weighted by molar-refractivity contribution is 7.90. The van der Waals surface area contributed by atoms with E-state index >= 15 is 0 Å². The molecule has 30 heavy (non-hydrogen) atoms. The molecule has 7 heteroatoms. The van der Waals surface area contributed by atoms with Crippen LogP contribution in [0.3, 0.4) is 0 Å². The van der Waals surface area contributed by atoms with Crippen molar-refractivity contribution in [1.82, 2.24) is 10.6 Å². The molecule has 0 saturated carbocycles. The average Bonchev–Trinajstić information content (AvgIpc) is 2.87. The Kier molecular flexibility index (Phi) is 5.53. The maximum Gasteiger partial charge on any atom is 0.248 e. The fraction of sp³-hybridized carbons (Fsp3) is 0.348. The Hall–Kier alpha value is -2.48. The molecule has 2 heterocycles. The van der Waals surface area contributed by atoms with Crippen LogP contribution in [0.5, 0.6) is 0 Å². The molecule has 4 rings (SSSR count). The van der Waals surface area contributed by atoms with Crippen LogP contribution in [0.1, 0.15) is 35.4 Å². The third-order valence-corrected chi connectivity index (χ3v) is 7.12. The molecule has 3 N–H and O–H groups in total. The van der Waals surface area contributed by atoms with Gasteiger partial charge in [-0.3, -0.25) is 4.79 Å². The smallest absolute Gasteiger partial charge is 0.248 e. The molecule has 1 amide bonds. The SMILES string of the molecule is CS(=O)(=O)c1ccc2c(c1)C=C(C(c1ccccc1)C1(O)CCNCC1)C(=O)NC2. The molecule has 0 aliphatic carbocycles. The molecular weight excluding hydrogens is 400 g/mol. The minimum absolute atomic E-state index is 0.211. The van der Waals surface area contributed by atoms with E-state index in [1.807, 2.05) is 30.3 Å². The predicted octanol–water partition coefficient (Wildman–Crippen LogP) is 2.00. The molecule has 2 aromatic rings. The summed E-state index contributed by atoms with van der Waals surface area (Å²) in [6.45, 7) is 1.65. The normalized spacial score (nSPS) is 19.8. The standard InChI is InChI=1S/C23H26N2O4S/c1-30(28,29)19-8-7-17-15-25-22(26)20(14-18(17)13-19)21(16-5-3-2-4-6-16)23(27)9-11-24-12-10-23/h2-8,13-14,21,24,27H,9-12,15H2,1H3,(H,25,26). The molecule has 0 aromatic heterocycles. The van der Waals surface area contributed by atoms with Gasteiger partial charge in [-0.05, 0) is 60.8 Å². The molecular formula is C23H26N2O4S. The van der Waals surface area contributed by atoms with Crippen LogP contribution in [-0.4, -0.2) is 44.4 Å². The summed E-state index contributed by atoms with van der Waals surface area (Å²) >= 11 is 0. The number of piperidine rings is 1. The maximum absolute atomic E-state index is 13.1. The Labute approximate surface area is 176 Å². The molecule has 2 aliphatic heterocycles. The summed E-state index contributed by atoms with van der Waals surface area (Å²) in [4.78, 5) is 13.4. The van der Waals surface area contributed by atoms with Crippen molar-refractivity contribution in [2.75, 3.05) is 19.3 Å². The van der Waals surface area contributed by atoms with Crippen molar-refractivity contribution < 1.29 is 18.3 Å². The van der Waals surface area contributed by atoms with Gasteiger partial charge in [0.2, 0.25) is 5.91 Å². The van der Waals surface area contributed by atoms with Gasteiger partial charge in [0, 0.05) is 24.3 Å². The van der Waals surface area contributed by atoms with Gasteiger partial charge in [0.05, 0.1) is 10.5 Å². The summed E-state index contributed by atoms with van der Waals surface area (Å²) in [6.07, 6.45) is 3.97. The Morgan fingerprint density at radius 2 is 1.77 bits per heavy atom. The molecule has 1 atom stereocenters. The van der Waals surface area contributed by atoms with E-state index < -0.39 is 21.4 Å². The Morgan fingerprint density at radius 1 is 1.07 bits per heavy atom. The summed E-state index contributed by atoms with van der Waals surface area (Å²) < 4.78 is 24.1. The maximum atomic E-state index is 13.1. The summed E-state index contributed by atoms with van der Waals surface area (Å²) in [7, 11) is -3.38. The fourth-order valence-electron chi connectivity index (χ4n) is 4.40. The fourth-order valence-corrected chi connectivity index (χ4v) is 5.05. The zero-order valence-electron chi connectivity index (χ0n) is 16.9. The van der Waals surface area contributed by atoms with Gasteiger partial charge in [-0.2, -0.15) is 0 Å². The monoisotopic (exact) mass is 426 g/mol. The highest BCUT2D eigenvalue weighted by Crippen LogP contribution is 2.42. The van der Waals surface area contributed by atoms with Crippen molar-refractivity contribution in [2.24, 2.45) is 0 Å². The van der Waals surface area contributed by atoms with Crippen molar-refractivity contribution >= 4 is 21.8 Å². The molecule has 2 aliphatic rings. The van der Waals surface area contributed by atoms with Gasteiger partial charge in [-0.25, -0.2) is 8.42 Å². The first-order chi connectivity index (χ1) is 14.3. The van der Waals surface area contributed by atoms with Crippen molar-refractivity contribution in [2.45, 2.75) is 35.8 Å². The number of amides is 1. The second-order valence-corrected chi connectivity index (χ2v) is 10.1. The summed E-state index contributed by atoms with van der Waals surface area (Å²) in [5.41, 5.74) is 1.77. The van der Waals surface area contributed by atoms with Gasteiger partial charge in [0.25, 0.3) is 0 Å². The number of hydrogen-bond donors (Lipinski definition) is 3. The lowest BCUT2D eigenvalue weighted by atomic mass is 9.71. The van der Waals surface area contributed by atoms with Crippen molar-refractivity contribution in [3.05, 3.63) is 70.8 Å². The van der Waals surface area contributed by atoms with Crippen LogP contribution in [0.2, 0.25) is 0 Å². The second kappa shape index (κ2) is 7.98. The van der Waals surface area contributed by atoms with Gasteiger partial charge < -0.3 is 15.7 Å². The number of fused-ring (bicyclic) bond motifs is 1. The summed E-state index contributed by atoms with van der Waals surface area (Å²) in [5, 5.41) is 17.8. The first kappa shape index (κ1) is 20.8. The molecule has 0 radical (unpaired) electrons. The molecule has 1 saturated heterocycles. The number of nitrogens with one attached hydrogen (secondary N) is 2. The molecule has 0 bridgehead atoms. The largest absolute Gasteiger partial charge is 0.389 e. The zero-order valence-corrected chi connectivity index (χ0v) is 17.7. The van der Waals surface area contributed by atoms with Crippen LogP contribution in [0, 0.1) is 0 Å². The lowest BCUT2D eigenvalue weighted by Crippen LogP contribution is -2.48. The number of aliphatic hydroxyl groups is 1. The van der Waals surface area contributed by atoms with Gasteiger partial charge in [0.15, 0.2) is 9.84 Å². The molecule has 1 fully saturated rings. The first-order valence-electron chi connectivity index (χ1n) is 10.1. The third kappa shape index (κ3) is 4.05. The van der Waals surface area contributed by atoms with Crippen LogP contribution in [0.4, 0.5) is 0 Å². The quantitative estimate of drug-likeness (QED) is 0.695. The Bertz CT molecular complexity index is 1090. The highest BCUT2D eigenvalue weighted by Gasteiger charge is 2.43. The van der Waals surface area contributed by atoms with Crippen LogP contribution in [0.15, 0.2) is 59.0 Å². The number of hydrogen-bond acceptors (Lipinski definition) is 5. The van der Waals surface area contributed by atoms with Crippen LogP contribution in [-0.2, 0) is 21.2 Å². The number of carbonyl (C=O) groups is 1. The van der Waals surface area contributed by atoms with Gasteiger partial charge in [-0.1, -0.05) is 36.4 Å². The van der Waals surface area contributed by atoms with Crippen molar-refractivity contribution in [3.63, 3.8) is 0 Å². The van der Waals surface area contributed by atoms with Gasteiger partial charge in [-0.15, -0.1) is 0 Å². The lowest BCUT2D eigenvalue weighted by Gasteiger charge is -2.40. The summed E-state index contributed by atoms with van der Waals surface area (Å²) in [6, 6.07) is 14.5. The summed E-state index contributed by atoms with van der Waals surface area (Å²) in [5.74, 6) is -0.762. The van der Waals surface area contributed by atoms with E-state index in [1.165, 1.54) is 6.26 Å². The van der Waals surface area contributed by atoms with Gasteiger partial charge in [0.1, 0.15) is 0 Å². The lowest BCUT2D eigenvalue weighted by molar-refractivity contribution is -0.118. The van der Waals surface area contributed by atoms with E-state index in [9.17, 15) is 18.3 Å². The molecule has 1 unspecified atom stereocenters. The van der Waals surface area contributed by atoms with Crippen LogP contribution in [0.25, 0.3) is 6.08 Å². The number of rotatable bonds is 4. The van der Waals surface area contributed by atoms with Crippen LogP contribution < -0.4 is 10.6 Å². The average molecular weight is 427 g/mol. The molecule has 0 spiro atoms. The first-order valence-corrected chi connectivity index (χ1v) is 12.0. The second-order valence-electron chi connectivity index (χ2n) is 8.11. The number of benzene rings is 2. The van der Waals surface area contributed by atoms with Crippen LogP contribution >= 0.6 is 0 Å². The van der Waals surface area contributed by atoms with E-state index in [0.29, 0.717) is 43.6 Å². The Balaban J connectivity index is 1.89. The Morgan fingerprint density at radius 3 is 2.43 bits per heavy atom. The van der Waals surface area contributed by atoms with Crippen molar-refractivity contribution in [3.8, 4) is 0 Å². The predicted molar refractivity (Wildman–Crippen MR) is 116 cm³/mol. The van der Waals surface area contributed by atoms with E-state index in [2.05, 4.69) is 10.6 Å². The zero-order chi connectivity index (χ0) is 21.4. The molecule has 6 nitrogen and oxygen atoms in total. The molecule has 158 valence electrons. The molecule has 2 aromatic carbocycles. The number of sulfone groups is 1. The van der Waals surface area contributed by atoms with E-state index in [4.69, 9.17) is 0 Å². The van der Waals surface area contributed by atoms with Gasteiger partial charge >= 0.3 is 0 Å². The topological polar surface area (TPSA) is 95.5 Å². The van der Waals surface area contributed by atoms with E-state index in [1.54, 1.807) is 24.3 Å². The third-order valence-electron chi connectivity index (χ3n) is 6.01. The van der Waals surface area contributed by atoms with E-state index in [0.717, 1.165) is 11.1 Å². The minimum atomic E-state index is -3.38. The number of carbonyl (C=O) groups excluding carboxylic acids is 1. The van der Waals surface area contributed by atoms with Crippen molar-refractivity contribution in [1.29, 1.82) is 0 Å².